The third kappa shape index (κ3) is 3.80. The fourth-order valence-electron chi connectivity index (χ4n) is 3.77. The fourth-order valence-corrected chi connectivity index (χ4v) is 4.67. The van der Waals surface area contributed by atoms with Gasteiger partial charge in [0, 0.05) is 43.5 Å². The van der Waals surface area contributed by atoms with Gasteiger partial charge in [-0.1, -0.05) is 11.6 Å². The molecule has 2 aromatic heterocycles. The number of nitrogens with zero attached hydrogens (tertiary/aromatic N) is 3. The van der Waals surface area contributed by atoms with Crippen LogP contribution in [0.15, 0.2) is 30.2 Å². The number of anilines is 1. The van der Waals surface area contributed by atoms with E-state index in [4.69, 9.17) is 0 Å². The van der Waals surface area contributed by atoms with E-state index in [1.54, 1.807) is 16.9 Å². The van der Waals surface area contributed by atoms with Crippen LogP contribution < -0.4 is 5.32 Å². The molecule has 5 nitrogen and oxygen atoms in total. The van der Waals surface area contributed by atoms with E-state index in [-0.39, 0.29) is 5.91 Å². The molecule has 6 heteroatoms. The van der Waals surface area contributed by atoms with E-state index in [0.717, 1.165) is 26.1 Å². The van der Waals surface area contributed by atoms with Gasteiger partial charge in [-0.05, 0) is 48.9 Å². The lowest BCUT2D eigenvalue weighted by molar-refractivity contribution is -0.114. The lowest BCUT2D eigenvalue weighted by Gasteiger charge is -2.33. The van der Waals surface area contributed by atoms with Crippen molar-refractivity contribution < 1.29 is 4.79 Å². The second-order valence-electron chi connectivity index (χ2n) is 6.86. The van der Waals surface area contributed by atoms with Crippen molar-refractivity contribution in [2.24, 2.45) is 5.92 Å². The molecule has 0 radical (unpaired) electrons. The number of hydrogen-bond acceptors (Lipinski definition) is 5. The summed E-state index contributed by atoms with van der Waals surface area (Å²) in [6.45, 7) is 4.65. The van der Waals surface area contributed by atoms with Gasteiger partial charge in [-0.15, -0.1) is 11.3 Å². The Kier molecular flexibility index (Phi) is 4.63. The smallest absolute Gasteiger partial charge is 0.223 e. The molecule has 2 aromatic rings. The van der Waals surface area contributed by atoms with Gasteiger partial charge in [0.15, 0.2) is 5.13 Å². The zero-order valence-corrected chi connectivity index (χ0v) is 15.2. The number of piperidine rings is 1. The summed E-state index contributed by atoms with van der Waals surface area (Å²) < 4.78 is 0. The van der Waals surface area contributed by atoms with Crippen LogP contribution >= 0.6 is 11.3 Å². The van der Waals surface area contributed by atoms with Crippen molar-refractivity contribution in [2.75, 3.05) is 18.4 Å². The highest BCUT2D eigenvalue weighted by Crippen LogP contribution is 2.34. The van der Waals surface area contributed by atoms with E-state index in [9.17, 15) is 4.79 Å². The highest BCUT2D eigenvalue weighted by molar-refractivity contribution is 7.15. The molecule has 0 aromatic carbocycles. The number of likely N-dealkylation sites (tertiary alicyclic amines) is 1. The van der Waals surface area contributed by atoms with Gasteiger partial charge in [0.2, 0.25) is 5.91 Å². The summed E-state index contributed by atoms with van der Waals surface area (Å²) in [6, 6.07) is 2.11. The van der Waals surface area contributed by atoms with Crippen molar-refractivity contribution >= 4 is 28.5 Å². The number of thiazole rings is 1. The molecule has 0 bridgehead atoms. The van der Waals surface area contributed by atoms with Crippen LogP contribution in [0.3, 0.4) is 0 Å². The van der Waals surface area contributed by atoms with Crippen LogP contribution in [0.5, 0.6) is 0 Å². The lowest BCUT2D eigenvalue weighted by Crippen LogP contribution is -2.35. The SMILES string of the molecule is CC(=O)Nc1ncc(CN2CCCC(C3=Cc4ccncc4C3)C2)s1. The molecule has 3 heterocycles. The van der Waals surface area contributed by atoms with Gasteiger partial charge < -0.3 is 5.32 Å². The van der Waals surface area contributed by atoms with Crippen LogP contribution in [-0.2, 0) is 17.8 Å². The predicted molar refractivity (Wildman–Crippen MR) is 100 cm³/mol. The average molecular weight is 354 g/mol. The number of carbonyl (C=O) groups is 1. The molecule has 1 N–H and O–H groups in total. The largest absolute Gasteiger partial charge is 0.302 e. The third-order valence-electron chi connectivity index (χ3n) is 4.92. The van der Waals surface area contributed by atoms with Crippen LogP contribution in [-0.4, -0.2) is 33.9 Å². The van der Waals surface area contributed by atoms with Crippen LogP contribution in [0.2, 0.25) is 0 Å². The predicted octanol–water partition coefficient (Wildman–Crippen LogP) is 3.35. The first-order valence-corrected chi connectivity index (χ1v) is 9.57. The first-order valence-electron chi connectivity index (χ1n) is 8.75. The summed E-state index contributed by atoms with van der Waals surface area (Å²) in [6.07, 6.45) is 11.7. The number of fused-ring (bicyclic) bond motifs is 1. The fraction of sp³-hybridized carbons (Fsp3) is 0.421. The monoisotopic (exact) mass is 354 g/mol. The Morgan fingerprint density at radius 3 is 3.20 bits per heavy atom. The van der Waals surface area contributed by atoms with Gasteiger partial charge in [0.25, 0.3) is 0 Å². The van der Waals surface area contributed by atoms with Crippen LogP contribution in [0.25, 0.3) is 6.08 Å². The number of carbonyl (C=O) groups excluding carboxylic acids is 1. The van der Waals surface area contributed by atoms with E-state index in [1.807, 2.05) is 18.6 Å². The molecular weight excluding hydrogens is 332 g/mol. The molecule has 25 heavy (non-hydrogen) atoms. The van der Waals surface area contributed by atoms with Crippen molar-refractivity contribution in [3.63, 3.8) is 0 Å². The standard InChI is InChI=1S/C19H22N4OS/c1-13(24)22-19-21-10-18(25-19)12-23-6-2-3-15(11-23)16-7-14-4-5-20-9-17(14)8-16/h4-5,7,9-10,15H,2-3,6,8,11-12H2,1H3,(H,21,22,24). The van der Waals surface area contributed by atoms with Crippen LogP contribution in [0.4, 0.5) is 5.13 Å². The molecule has 1 aliphatic heterocycles. The summed E-state index contributed by atoms with van der Waals surface area (Å²) in [5.74, 6) is 0.560. The van der Waals surface area contributed by atoms with E-state index in [2.05, 4.69) is 32.3 Å². The summed E-state index contributed by atoms with van der Waals surface area (Å²) >= 11 is 1.57. The first-order chi connectivity index (χ1) is 12.2. The van der Waals surface area contributed by atoms with Gasteiger partial charge in [0.1, 0.15) is 0 Å². The summed E-state index contributed by atoms with van der Waals surface area (Å²) in [5, 5.41) is 3.45. The maximum absolute atomic E-state index is 11.1. The lowest BCUT2D eigenvalue weighted by atomic mass is 9.89. The Hall–Kier alpha value is -2.05. The molecule has 1 saturated heterocycles. The van der Waals surface area contributed by atoms with Crippen molar-refractivity contribution in [1.29, 1.82) is 0 Å². The maximum atomic E-state index is 11.1. The minimum absolute atomic E-state index is 0.0684. The number of rotatable bonds is 4. The minimum atomic E-state index is -0.0684. The van der Waals surface area contributed by atoms with Crippen molar-refractivity contribution in [2.45, 2.75) is 32.7 Å². The second-order valence-corrected chi connectivity index (χ2v) is 7.97. The number of amides is 1. The minimum Gasteiger partial charge on any atom is -0.302 e. The topological polar surface area (TPSA) is 58.1 Å². The normalized spacial score (nSPS) is 20.2. The van der Waals surface area contributed by atoms with Gasteiger partial charge in [-0.3, -0.25) is 14.7 Å². The van der Waals surface area contributed by atoms with Crippen LogP contribution in [0.1, 0.15) is 35.8 Å². The number of aromatic nitrogens is 2. The highest BCUT2D eigenvalue weighted by atomic mass is 32.1. The molecular formula is C19H22N4OS. The van der Waals surface area contributed by atoms with Crippen molar-refractivity contribution in [1.82, 2.24) is 14.9 Å². The molecule has 2 aliphatic rings. The van der Waals surface area contributed by atoms with E-state index in [0.29, 0.717) is 11.0 Å². The third-order valence-corrected chi connectivity index (χ3v) is 5.82. The van der Waals surface area contributed by atoms with Gasteiger partial charge in [-0.2, -0.15) is 0 Å². The molecule has 1 unspecified atom stereocenters. The van der Waals surface area contributed by atoms with Crippen molar-refractivity contribution in [3.05, 3.63) is 46.2 Å². The summed E-state index contributed by atoms with van der Waals surface area (Å²) in [5.41, 5.74) is 4.25. The Morgan fingerprint density at radius 1 is 1.44 bits per heavy atom. The zero-order valence-electron chi connectivity index (χ0n) is 14.4. The molecule has 4 rings (SSSR count). The Balaban J connectivity index is 1.39. The maximum Gasteiger partial charge on any atom is 0.223 e. The first kappa shape index (κ1) is 16.4. The Bertz CT molecular complexity index is 813. The number of pyridine rings is 1. The van der Waals surface area contributed by atoms with E-state index < -0.39 is 0 Å². The molecule has 1 fully saturated rings. The highest BCUT2D eigenvalue weighted by Gasteiger charge is 2.26. The van der Waals surface area contributed by atoms with Gasteiger partial charge in [-0.25, -0.2) is 4.98 Å². The molecule has 1 atom stereocenters. The van der Waals surface area contributed by atoms with Gasteiger partial charge >= 0.3 is 0 Å². The molecule has 1 aliphatic carbocycles. The van der Waals surface area contributed by atoms with E-state index >= 15 is 0 Å². The second kappa shape index (κ2) is 7.06. The van der Waals surface area contributed by atoms with Crippen molar-refractivity contribution in [3.8, 4) is 0 Å². The molecule has 0 saturated carbocycles. The Morgan fingerprint density at radius 2 is 2.36 bits per heavy atom. The molecule has 130 valence electrons. The zero-order chi connectivity index (χ0) is 17.2. The van der Waals surface area contributed by atoms with E-state index in [1.165, 1.54) is 35.8 Å². The van der Waals surface area contributed by atoms with Crippen LogP contribution in [0, 0.1) is 5.92 Å². The average Bonchev–Trinajstić information content (AvgIpc) is 3.21. The number of hydrogen-bond donors (Lipinski definition) is 1. The Labute approximate surface area is 151 Å². The van der Waals surface area contributed by atoms with Gasteiger partial charge in [0.05, 0.1) is 0 Å². The summed E-state index contributed by atoms with van der Waals surface area (Å²) in [7, 11) is 0. The molecule has 1 amide bonds. The summed E-state index contributed by atoms with van der Waals surface area (Å²) in [4.78, 5) is 23.4. The quantitative estimate of drug-likeness (QED) is 0.915. The molecule has 0 spiro atoms. The number of nitrogens with one attached hydrogen (secondary N) is 1.